The summed E-state index contributed by atoms with van der Waals surface area (Å²) in [6.45, 7) is 8.67. The molecule has 1 unspecified atom stereocenters. The van der Waals surface area contributed by atoms with Gasteiger partial charge in [0.05, 0.1) is 13.2 Å². The van der Waals surface area contributed by atoms with Crippen molar-refractivity contribution < 1.29 is 14.6 Å². The molecule has 0 bridgehead atoms. The second kappa shape index (κ2) is 4.69. The normalized spacial score (nSPS) is 25.0. The largest absolute Gasteiger partial charge is 0.480 e. The Morgan fingerprint density at radius 1 is 1.62 bits per heavy atom. The van der Waals surface area contributed by atoms with Crippen LogP contribution in [0, 0.1) is 0 Å². The van der Waals surface area contributed by atoms with Crippen molar-refractivity contribution in [2.24, 2.45) is 5.73 Å². The van der Waals surface area contributed by atoms with Crippen LogP contribution in [0.25, 0.3) is 0 Å². The molecule has 5 heteroatoms. The maximum atomic E-state index is 10.9. The number of nitrogens with zero attached hydrogens (tertiary/aromatic N) is 1. The molecule has 5 nitrogen and oxygen atoms in total. The van der Waals surface area contributed by atoms with E-state index in [0.717, 1.165) is 6.54 Å². The number of morpholine rings is 1. The zero-order valence-electron chi connectivity index (χ0n) is 10.3. The number of carboxylic acid groups (broad SMARTS) is 1. The highest BCUT2D eigenvalue weighted by Crippen LogP contribution is 2.20. The lowest BCUT2D eigenvalue weighted by Gasteiger charge is -2.43. The maximum absolute atomic E-state index is 10.9. The van der Waals surface area contributed by atoms with Crippen LogP contribution in [0.3, 0.4) is 0 Å². The first-order valence-electron chi connectivity index (χ1n) is 5.61. The topological polar surface area (TPSA) is 75.8 Å². The van der Waals surface area contributed by atoms with Gasteiger partial charge in [0.25, 0.3) is 0 Å². The summed E-state index contributed by atoms with van der Waals surface area (Å²) in [6.07, 6.45) is 0.450. The molecular formula is C11H22N2O3. The minimum Gasteiger partial charge on any atom is -0.480 e. The van der Waals surface area contributed by atoms with Gasteiger partial charge >= 0.3 is 5.97 Å². The first-order valence-corrected chi connectivity index (χ1v) is 5.61. The highest BCUT2D eigenvalue weighted by Gasteiger charge is 2.34. The molecule has 1 saturated heterocycles. The van der Waals surface area contributed by atoms with Gasteiger partial charge in [-0.2, -0.15) is 0 Å². The van der Waals surface area contributed by atoms with Crippen LogP contribution in [0.5, 0.6) is 0 Å². The van der Waals surface area contributed by atoms with Gasteiger partial charge in [-0.05, 0) is 27.2 Å². The van der Waals surface area contributed by atoms with Gasteiger partial charge in [0.15, 0.2) is 0 Å². The van der Waals surface area contributed by atoms with Crippen LogP contribution in [-0.2, 0) is 9.53 Å². The van der Waals surface area contributed by atoms with Crippen LogP contribution >= 0.6 is 0 Å². The maximum Gasteiger partial charge on any atom is 0.323 e. The molecule has 0 aromatic rings. The number of nitrogens with two attached hydrogens (primary N) is 1. The second-order valence-electron chi connectivity index (χ2n) is 5.32. The van der Waals surface area contributed by atoms with Crippen LogP contribution in [0.4, 0.5) is 0 Å². The van der Waals surface area contributed by atoms with Gasteiger partial charge < -0.3 is 15.6 Å². The molecule has 0 amide bonds. The molecule has 0 aliphatic carbocycles. The average Bonchev–Trinajstić information content (AvgIpc) is 2.15. The zero-order chi connectivity index (χ0) is 12.4. The number of hydrogen-bond acceptors (Lipinski definition) is 4. The molecule has 0 radical (unpaired) electrons. The molecule has 0 aromatic heterocycles. The second-order valence-corrected chi connectivity index (χ2v) is 5.32. The molecule has 1 rings (SSSR count). The summed E-state index contributed by atoms with van der Waals surface area (Å²) in [6, 6.07) is 0. The van der Waals surface area contributed by atoms with Crippen molar-refractivity contribution in [2.75, 3.05) is 26.3 Å². The van der Waals surface area contributed by atoms with Crippen molar-refractivity contribution >= 4 is 5.97 Å². The highest BCUT2D eigenvalue weighted by molar-refractivity contribution is 5.77. The smallest absolute Gasteiger partial charge is 0.323 e. The van der Waals surface area contributed by atoms with Crippen LogP contribution < -0.4 is 5.73 Å². The fraction of sp³-hybridized carbons (Fsp3) is 0.909. The number of carboxylic acids is 1. The van der Waals surface area contributed by atoms with Crippen molar-refractivity contribution in [2.45, 2.75) is 38.3 Å². The SMILES string of the molecule is CC(N)(CCN1CCOCC1(C)C)C(=O)O. The molecule has 0 saturated carbocycles. The van der Waals surface area contributed by atoms with E-state index in [0.29, 0.717) is 26.2 Å². The Hall–Kier alpha value is -0.650. The number of hydrogen-bond donors (Lipinski definition) is 2. The Kier molecular flexibility index (Phi) is 3.93. The monoisotopic (exact) mass is 230 g/mol. The van der Waals surface area contributed by atoms with E-state index in [1.54, 1.807) is 6.92 Å². The number of rotatable bonds is 4. The van der Waals surface area contributed by atoms with Gasteiger partial charge in [0.2, 0.25) is 0 Å². The summed E-state index contributed by atoms with van der Waals surface area (Å²) in [5, 5.41) is 8.93. The van der Waals surface area contributed by atoms with E-state index < -0.39 is 11.5 Å². The fourth-order valence-electron chi connectivity index (χ4n) is 1.78. The zero-order valence-corrected chi connectivity index (χ0v) is 10.3. The third-order valence-corrected chi connectivity index (χ3v) is 3.21. The molecule has 94 valence electrons. The molecule has 16 heavy (non-hydrogen) atoms. The molecule has 1 heterocycles. The Labute approximate surface area is 96.6 Å². The van der Waals surface area contributed by atoms with Gasteiger partial charge in [-0.3, -0.25) is 9.69 Å². The van der Waals surface area contributed by atoms with E-state index in [1.165, 1.54) is 0 Å². The minimum absolute atomic E-state index is 0.0349. The van der Waals surface area contributed by atoms with Gasteiger partial charge in [-0.1, -0.05) is 0 Å². The molecule has 1 aliphatic rings. The van der Waals surface area contributed by atoms with Crippen LogP contribution in [-0.4, -0.2) is 53.4 Å². The lowest BCUT2D eigenvalue weighted by Crippen LogP contribution is -2.55. The lowest BCUT2D eigenvalue weighted by molar-refractivity contribution is -0.143. The quantitative estimate of drug-likeness (QED) is 0.726. The Bertz CT molecular complexity index is 264. The Morgan fingerprint density at radius 2 is 2.25 bits per heavy atom. The summed E-state index contributed by atoms with van der Waals surface area (Å²) < 4.78 is 5.41. The average molecular weight is 230 g/mol. The van der Waals surface area contributed by atoms with E-state index in [-0.39, 0.29) is 5.54 Å². The first-order chi connectivity index (χ1) is 7.26. The molecule has 0 spiro atoms. The third-order valence-electron chi connectivity index (χ3n) is 3.21. The molecule has 1 fully saturated rings. The van der Waals surface area contributed by atoms with Crippen LogP contribution in [0.15, 0.2) is 0 Å². The number of carbonyl (C=O) groups is 1. The minimum atomic E-state index is -1.14. The molecule has 0 aromatic carbocycles. The van der Waals surface area contributed by atoms with Crippen molar-refractivity contribution in [1.29, 1.82) is 0 Å². The number of aliphatic carboxylic acids is 1. The fourth-order valence-corrected chi connectivity index (χ4v) is 1.78. The molecule has 3 N–H and O–H groups in total. The van der Waals surface area contributed by atoms with E-state index in [9.17, 15) is 4.79 Å². The van der Waals surface area contributed by atoms with Gasteiger partial charge in [0, 0.05) is 18.6 Å². The lowest BCUT2D eigenvalue weighted by atomic mass is 9.96. The van der Waals surface area contributed by atoms with Crippen molar-refractivity contribution in [1.82, 2.24) is 4.90 Å². The highest BCUT2D eigenvalue weighted by atomic mass is 16.5. The van der Waals surface area contributed by atoms with E-state index in [4.69, 9.17) is 15.6 Å². The van der Waals surface area contributed by atoms with Gasteiger partial charge in [-0.15, -0.1) is 0 Å². The first kappa shape index (κ1) is 13.4. The molecule has 1 aliphatic heterocycles. The summed E-state index contributed by atoms with van der Waals surface area (Å²) >= 11 is 0. The standard InChI is InChI=1S/C11H22N2O3/c1-10(2)8-16-7-6-13(10)5-4-11(3,12)9(14)15/h4-8,12H2,1-3H3,(H,14,15). The Morgan fingerprint density at radius 3 is 2.75 bits per heavy atom. The van der Waals surface area contributed by atoms with Gasteiger partial charge in [-0.25, -0.2) is 0 Å². The molecular weight excluding hydrogens is 208 g/mol. The predicted molar refractivity (Wildman–Crippen MR) is 61.3 cm³/mol. The van der Waals surface area contributed by atoms with Crippen molar-refractivity contribution in [3.63, 3.8) is 0 Å². The van der Waals surface area contributed by atoms with Crippen LogP contribution in [0.1, 0.15) is 27.2 Å². The van der Waals surface area contributed by atoms with Crippen molar-refractivity contribution in [3.05, 3.63) is 0 Å². The number of ether oxygens (including phenoxy) is 1. The van der Waals surface area contributed by atoms with Gasteiger partial charge in [0.1, 0.15) is 5.54 Å². The summed E-state index contributed by atoms with van der Waals surface area (Å²) in [5.41, 5.74) is 4.53. The Balaban J connectivity index is 2.51. The molecule has 1 atom stereocenters. The summed E-state index contributed by atoms with van der Waals surface area (Å²) in [4.78, 5) is 13.1. The summed E-state index contributed by atoms with van der Waals surface area (Å²) in [5.74, 6) is -0.946. The van der Waals surface area contributed by atoms with Crippen LogP contribution in [0.2, 0.25) is 0 Å². The van der Waals surface area contributed by atoms with E-state index in [2.05, 4.69) is 18.7 Å². The third kappa shape index (κ3) is 3.17. The summed E-state index contributed by atoms with van der Waals surface area (Å²) in [7, 11) is 0. The predicted octanol–water partition coefficient (Wildman–Crippen LogP) is 0.289. The van der Waals surface area contributed by atoms with Crippen molar-refractivity contribution in [3.8, 4) is 0 Å². The van der Waals surface area contributed by atoms with E-state index in [1.807, 2.05) is 0 Å². The van der Waals surface area contributed by atoms with E-state index >= 15 is 0 Å².